The summed E-state index contributed by atoms with van der Waals surface area (Å²) >= 11 is 0. The van der Waals surface area contributed by atoms with Crippen LogP contribution < -0.4 is 0 Å². The summed E-state index contributed by atoms with van der Waals surface area (Å²) in [6.07, 6.45) is 8.53. The number of ether oxygens (including phenoxy) is 1. The van der Waals surface area contributed by atoms with E-state index in [0.29, 0.717) is 12.0 Å². The van der Waals surface area contributed by atoms with Crippen molar-refractivity contribution in [2.24, 2.45) is 0 Å². The molecule has 0 bridgehead atoms. The third-order valence-electron chi connectivity index (χ3n) is 3.68. The molecule has 0 amide bonds. The van der Waals surface area contributed by atoms with Gasteiger partial charge in [0.25, 0.3) is 5.78 Å². The van der Waals surface area contributed by atoms with Gasteiger partial charge in [-0.1, -0.05) is 48.9 Å². The SMILES string of the molecule is COC(=O)C(=O)C1=C(C=Cc2ccccc2)CCCCC1. The highest BCUT2D eigenvalue weighted by Gasteiger charge is 2.23. The Morgan fingerprint density at radius 1 is 1.00 bits per heavy atom. The van der Waals surface area contributed by atoms with Gasteiger partial charge < -0.3 is 4.74 Å². The van der Waals surface area contributed by atoms with Gasteiger partial charge in [-0.2, -0.15) is 0 Å². The predicted octanol–water partition coefficient (Wildman–Crippen LogP) is 3.70. The summed E-state index contributed by atoms with van der Waals surface area (Å²) in [4.78, 5) is 23.7. The number of carbonyl (C=O) groups excluding carboxylic acids is 2. The Hall–Kier alpha value is -2.16. The summed E-state index contributed by atoms with van der Waals surface area (Å²) in [5, 5.41) is 0. The topological polar surface area (TPSA) is 43.4 Å². The van der Waals surface area contributed by atoms with E-state index >= 15 is 0 Å². The average Bonchev–Trinajstić information content (AvgIpc) is 2.77. The van der Waals surface area contributed by atoms with Crippen molar-refractivity contribution in [3.05, 3.63) is 53.1 Å². The van der Waals surface area contributed by atoms with Crippen LogP contribution in [0.4, 0.5) is 0 Å². The van der Waals surface area contributed by atoms with Crippen molar-refractivity contribution in [2.75, 3.05) is 7.11 Å². The maximum absolute atomic E-state index is 12.1. The van der Waals surface area contributed by atoms with E-state index < -0.39 is 11.8 Å². The van der Waals surface area contributed by atoms with Crippen LogP contribution in [0.25, 0.3) is 6.08 Å². The van der Waals surface area contributed by atoms with Gasteiger partial charge in [0.1, 0.15) is 0 Å². The van der Waals surface area contributed by atoms with Gasteiger partial charge in [-0.25, -0.2) is 4.79 Å². The fraction of sp³-hybridized carbons (Fsp3) is 0.333. The van der Waals surface area contributed by atoms with Gasteiger partial charge in [0.15, 0.2) is 0 Å². The lowest BCUT2D eigenvalue weighted by Crippen LogP contribution is -2.18. The molecule has 2 rings (SSSR count). The molecular formula is C18H20O3. The molecule has 0 aliphatic heterocycles. The van der Waals surface area contributed by atoms with Gasteiger partial charge in [0.2, 0.25) is 0 Å². The number of allylic oxidation sites excluding steroid dienone is 2. The molecule has 110 valence electrons. The minimum absolute atomic E-state index is 0.493. The Labute approximate surface area is 125 Å². The van der Waals surface area contributed by atoms with Gasteiger partial charge >= 0.3 is 5.97 Å². The van der Waals surface area contributed by atoms with Gasteiger partial charge in [-0.3, -0.25) is 4.79 Å². The summed E-state index contributed by atoms with van der Waals surface area (Å²) in [6, 6.07) is 9.93. The lowest BCUT2D eigenvalue weighted by molar-refractivity contribution is -0.149. The van der Waals surface area contributed by atoms with Crippen LogP contribution in [0.3, 0.4) is 0 Å². The van der Waals surface area contributed by atoms with Crippen LogP contribution in [0.2, 0.25) is 0 Å². The molecule has 1 aliphatic carbocycles. The van der Waals surface area contributed by atoms with Crippen LogP contribution in [0, 0.1) is 0 Å². The molecule has 0 aromatic heterocycles. The number of methoxy groups -OCH3 is 1. The molecule has 1 aliphatic rings. The molecule has 21 heavy (non-hydrogen) atoms. The second kappa shape index (κ2) is 7.58. The van der Waals surface area contributed by atoms with E-state index in [9.17, 15) is 9.59 Å². The molecule has 0 heterocycles. The first-order valence-electron chi connectivity index (χ1n) is 7.30. The van der Waals surface area contributed by atoms with Crippen molar-refractivity contribution in [3.63, 3.8) is 0 Å². The second-order valence-electron chi connectivity index (χ2n) is 5.13. The molecule has 0 saturated heterocycles. The smallest absolute Gasteiger partial charge is 0.379 e. The molecule has 3 heteroatoms. The van der Waals surface area contributed by atoms with Crippen molar-refractivity contribution >= 4 is 17.8 Å². The second-order valence-corrected chi connectivity index (χ2v) is 5.13. The maximum atomic E-state index is 12.1. The molecule has 1 aromatic rings. The highest BCUT2D eigenvalue weighted by Crippen LogP contribution is 2.26. The highest BCUT2D eigenvalue weighted by atomic mass is 16.5. The van der Waals surface area contributed by atoms with Crippen LogP contribution in [0.15, 0.2) is 47.6 Å². The lowest BCUT2D eigenvalue weighted by atomic mass is 9.98. The molecule has 3 nitrogen and oxygen atoms in total. The molecule has 0 spiro atoms. The fourth-order valence-corrected chi connectivity index (χ4v) is 2.53. The molecule has 0 saturated carbocycles. The monoisotopic (exact) mass is 284 g/mol. The van der Waals surface area contributed by atoms with E-state index in [2.05, 4.69) is 4.74 Å². The van der Waals surface area contributed by atoms with E-state index in [1.807, 2.05) is 42.5 Å². The first-order valence-corrected chi connectivity index (χ1v) is 7.30. The fourth-order valence-electron chi connectivity index (χ4n) is 2.53. The number of esters is 1. The van der Waals surface area contributed by atoms with E-state index in [-0.39, 0.29) is 0 Å². The first kappa shape index (κ1) is 15.2. The molecule has 0 fully saturated rings. The van der Waals surface area contributed by atoms with Gasteiger partial charge in [0, 0.05) is 5.57 Å². The number of carbonyl (C=O) groups is 2. The maximum Gasteiger partial charge on any atom is 0.379 e. The lowest BCUT2D eigenvalue weighted by Gasteiger charge is -2.07. The minimum atomic E-state index is -0.766. The quantitative estimate of drug-likeness (QED) is 0.625. The summed E-state index contributed by atoms with van der Waals surface area (Å²) in [6.45, 7) is 0. The van der Waals surface area contributed by atoms with Crippen LogP contribution >= 0.6 is 0 Å². The molecule has 0 radical (unpaired) electrons. The Kier molecular flexibility index (Phi) is 5.50. The zero-order valence-corrected chi connectivity index (χ0v) is 12.3. The van der Waals surface area contributed by atoms with Gasteiger partial charge in [-0.05, 0) is 36.8 Å². The number of benzene rings is 1. The first-order chi connectivity index (χ1) is 10.2. The molecule has 0 atom stereocenters. The number of hydrogen-bond donors (Lipinski definition) is 0. The zero-order chi connectivity index (χ0) is 15.1. The largest absolute Gasteiger partial charge is 0.463 e. The van der Waals surface area contributed by atoms with Crippen molar-refractivity contribution in [2.45, 2.75) is 32.1 Å². The third-order valence-corrected chi connectivity index (χ3v) is 3.68. The van der Waals surface area contributed by atoms with Crippen molar-refractivity contribution < 1.29 is 14.3 Å². The van der Waals surface area contributed by atoms with Crippen LogP contribution in [0.1, 0.15) is 37.7 Å². The summed E-state index contributed by atoms with van der Waals surface area (Å²) in [5.74, 6) is -1.26. The van der Waals surface area contributed by atoms with Gasteiger partial charge in [-0.15, -0.1) is 0 Å². The van der Waals surface area contributed by atoms with Crippen molar-refractivity contribution in [1.29, 1.82) is 0 Å². The highest BCUT2D eigenvalue weighted by molar-refractivity contribution is 6.40. The molecule has 0 unspecified atom stereocenters. The van der Waals surface area contributed by atoms with Crippen molar-refractivity contribution in [1.82, 2.24) is 0 Å². The summed E-state index contributed by atoms with van der Waals surface area (Å²) in [7, 11) is 1.25. The Bertz CT molecular complexity index is 567. The van der Waals surface area contributed by atoms with E-state index in [4.69, 9.17) is 0 Å². The zero-order valence-electron chi connectivity index (χ0n) is 12.3. The Morgan fingerprint density at radius 2 is 1.71 bits per heavy atom. The van der Waals surface area contributed by atoms with E-state index in [1.165, 1.54) is 7.11 Å². The number of rotatable bonds is 4. The van der Waals surface area contributed by atoms with Crippen LogP contribution in [0.5, 0.6) is 0 Å². The Morgan fingerprint density at radius 3 is 2.43 bits per heavy atom. The van der Waals surface area contributed by atoms with Crippen LogP contribution in [-0.2, 0) is 14.3 Å². The molecule has 1 aromatic carbocycles. The summed E-state index contributed by atoms with van der Waals surface area (Å²) < 4.78 is 4.57. The molecule has 0 N–H and O–H groups in total. The molecular weight excluding hydrogens is 264 g/mol. The third kappa shape index (κ3) is 4.15. The standard InChI is InChI=1S/C18H20O3/c1-21-18(20)17(19)16-11-7-3-6-10-15(16)13-12-14-8-4-2-5-9-14/h2,4-5,8-9,12-13H,3,6-7,10-11H2,1H3. The predicted molar refractivity (Wildman–Crippen MR) is 82.6 cm³/mol. The van der Waals surface area contributed by atoms with Crippen LogP contribution in [-0.4, -0.2) is 18.9 Å². The number of Topliss-reactive ketones (excluding diaryl/α,β-unsaturated/α-hetero) is 1. The minimum Gasteiger partial charge on any atom is -0.463 e. The number of ketones is 1. The number of hydrogen-bond acceptors (Lipinski definition) is 3. The van der Waals surface area contributed by atoms with Crippen molar-refractivity contribution in [3.8, 4) is 0 Å². The van der Waals surface area contributed by atoms with E-state index in [1.54, 1.807) is 0 Å². The normalized spacial score (nSPS) is 15.9. The Balaban J connectivity index is 2.29. The van der Waals surface area contributed by atoms with Gasteiger partial charge in [0.05, 0.1) is 7.11 Å². The average molecular weight is 284 g/mol. The van der Waals surface area contributed by atoms with E-state index in [0.717, 1.165) is 36.8 Å². The summed E-state index contributed by atoms with van der Waals surface area (Å²) in [5.41, 5.74) is 2.66.